The molecule has 1 aliphatic rings. The molecular formula is C17H20N2O3S. The minimum atomic E-state index is -0.151. The van der Waals surface area contributed by atoms with Crippen molar-refractivity contribution in [1.29, 1.82) is 0 Å². The third-order valence-electron chi connectivity index (χ3n) is 3.75. The van der Waals surface area contributed by atoms with Crippen molar-refractivity contribution in [3.8, 4) is 11.5 Å². The Morgan fingerprint density at radius 3 is 3.13 bits per heavy atom. The van der Waals surface area contributed by atoms with Gasteiger partial charge >= 0.3 is 6.03 Å². The average molecular weight is 332 g/mol. The molecule has 5 nitrogen and oxygen atoms in total. The Kier molecular flexibility index (Phi) is 5.02. The summed E-state index contributed by atoms with van der Waals surface area (Å²) in [6.45, 7) is 1.11. The summed E-state index contributed by atoms with van der Waals surface area (Å²) in [5.74, 6) is 1.66. The fourth-order valence-electron chi connectivity index (χ4n) is 2.58. The summed E-state index contributed by atoms with van der Waals surface area (Å²) in [5.41, 5.74) is 1.06. The second-order valence-electron chi connectivity index (χ2n) is 5.42. The molecule has 1 aromatic carbocycles. The van der Waals surface area contributed by atoms with Crippen LogP contribution in [0.3, 0.4) is 0 Å². The monoisotopic (exact) mass is 332 g/mol. The summed E-state index contributed by atoms with van der Waals surface area (Å²) in [7, 11) is 1.64. The van der Waals surface area contributed by atoms with Crippen LogP contribution in [0.15, 0.2) is 35.7 Å². The van der Waals surface area contributed by atoms with Crippen LogP contribution in [0.1, 0.15) is 10.4 Å². The van der Waals surface area contributed by atoms with Crippen LogP contribution < -0.4 is 20.1 Å². The number of amides is 2. The zero-order chi connectivity index (χ0) is 16.1. The maximum Gasteiger partial charge on any atom is 0.315 e. The molecule has 0 fully saturated rings. The highest BCUT2D eigenvalue weighted by Gasteiger charge is 2.21. The average Bonchev–Trinajstić information content (AvgIpc) is 3.07. The van der Waals surface area contributed by atoms with Crippen molar-refractivity contribution >= 4 is 17.4 Å². The molecule has 23 heavy (non-hydrogen) atoms. The van der Waals surface area contributed by atoms with Crippen molar-refractivity contribution in [3.05, 3.63) is 46.2 Å². The smallest absolute Gasteiger partial charge is 0.315 e. The molecule has 2 heterocycles. The third-order valence-corrected chi connectivity index (χ3v) is 4.68. The number of hydrogen-bond acceptors (Lipinski definition) is 4. The zero-order valence-electron chi connectivity index (χ0n) is 13.0. The van der Waals surface area contributed by atoms with Crippen molar-refractivity contribution < 1.29 is 14.3 Å². The van der Waals surface area contributed by atoms with Gasteiger partial charge in [-0.1, -0.05) is 6.07 Å². The molecule has 0 saturated heterocycles. The number of methoxy groups -OCH3 is 1. The van der Waals surface area contributed by atoms with E-state index in [2.05, 4.69) is 16.7 Å². The van der Waals surface area contributed by atoms with Crippen LogP contribution in [0.5, 0.6) is 11.5 Å². The Morgan fingerprint density at radius 2 is 2.35 bits per heavy atom. The van der Waals surface area contributed by atoms with Crippen LogP contribution in [-0.2, 0) is 12.8 Å². The Morgan fingerprint density at radius 1 is 1.43 bits per heavy atom. The number of hydrogen-bond donors (Lipinski definition) is 2. The molecule has 0 aliphatic carbocycles. The normalized spacial score (nSPS) is 16.1. The van der Waals surface area contributed by atoms with Gasteiger partial charge in [-0.3, -0.25) is 0 Å². The van der Waals surface area contributed by atoms with Gasteiger partial charge in [-0.05, 0) is 48.1 Å². The van der Waals surface area contributed by atoms with E-state index in [4.69, 9.17) is 9.47 Å². The van der Waals surface area contributed by atoms with E-state index in [9.17, 15) is 4.79 Å². The topological polar surface area (TPSA) is 59.6 Å². The van der Waals surface area contributed by atoms with Gasteiger partial charge in [0, 0.05) is 11.4 Å². The van der Waals surface area contributed by atoms with Crippen molar-refractivity contribution in [1.82, 2.24) is 10.6 Å². The molecule has 1 aromatic heterocycles. The first-order valence-corrected chi connectivity index (χ1v) is 8.49. The van der Waals surface area contributed by atoms with Crippen LogP contribution in [0.25, 0.3) is 0 Å². The van der Waals surface area contributed by atoms with Gasteiger partial charge < -0.3 is 20.1 Å². The fourth-order valence-corrected chi connectivity index (χ4v) is 3.29. The van der Waals surface area contributed by atoms with Gasteiger partial charge in [0.2, 0.25) is 0 Å². The maximum absolute atomic E-state index is 12.0. The summed E-state index contributed by atoms with van der Waals surface area (Å²) in [5, 5.41) is 7.90. The highest BCUT2D eigenvalue weighted by Crippen LogP contribution is 2.28. The van der Waals surface area contributed by atoms with E-state index in [-0.39, 0.29) is 12.1 Å². The molecule has 1 atom stereocenters. The summed E-state index contributed by atoms with van der Waals surface area (Å²) >= 11 is 1.70. The van der Waals surface area contributed by atoms with Crippen molar-refractivity contribution in [2.45, 2.75) is 18.9 Å². The predicted molar refractivity (Wildman–Crippen MR) is 90.5 cm³/mol. The molecule has 2 N–H and O–H groups in total. The first-order valence-electron chi connectivity index (χ1n) is 7.61. The van der Waals surface area contributed by atoms with E-state index in [1.165, 1.54) is 4.88 Å². The molecule has 122 valence electrons. The number of thiophene rings is 1. The number of fused-ring (bicyclic) bond motifs is 1. The molecule has 3 rings (SSSR count). The SMILES string of the molecule is COc1ccc2c(c1)C[C@@H](NC(=O)NCCc1cccs1)CO2. The van der Waals surface area contributed by atoms with Crippen LogP contribution in [-0.4, -0.2) is 32.3 Å². The van der Waals surface area contributed by atoms with E-state index in [1.807, 2.05) is 29.6 Å². The lowest BCUT2D eigenvalue weighted by atomic mass is 10.0. The van der Waals surface area contributed by atoms with Gasteiger partial charge in [0.1, 0.15) is 18.1 Å². The Bertz CT molecular complexity index is 658. The summed E-state index contributed by atoms with van der Waals surface area (Å²) in [6.07, 6.45) is 1.59. The summed E-state index contributed by atoms with van der Waals surface area (Å²) < 4.78 is 10.9. The highest BCUT2D eigenvalue weighted by molar-refractivity contribution is 7.09. The first kappa shape index (κ1) is 15.7. The van der Waals surface area contributed by atoms with Crippen molar-refractivity contribution in [2.24, 2.45) is 0 Å². The summed E-state index contributed by atoms with van der Waals surface area (Å²) in [4.78, 5) is 13.2. The molecule has 0 radical (unpaired) electrons. The predicted octanol–water partition coefficient (Wildman–Crippen LogP) is 2.60. The summed E-state index contributed by atoms with van der Waals surface area (Å²) in [6, 6.07) is 9.65. The fraction of sp³-hybridized carbons (Fsp3) is 0.353. The van der Waals surface area contributed by atoms with Crippen LogP contribution in [0.4, 0.5) is 4.79 Å². The Labute approximate surface area is 139 Å². The second-order valence-corrected chi connectivity index (χ2v) is 6.45. The molecule has 0 spiro atoms. The van der Waals surface area contributed by atoms with Crippen molar-refractivity contribution in [3.63, 3.8) is 0 Å². The molecule has 6 heteroatoms. The van der Waals surface area contributed by atoms with Crippen molar-refractivity contribution in [2.75, 3.05) is 20.3 Å². The van der Waals surface area contributed by atoms with E-state index >= 15 is 0 Å². The Balaban J connectivity index is 1.47. The number of urea groups is 1. The van der Waals surface area contributed by atoms with Gasteiger partial charge in [0.05, 0.1) is 13.2 Å². The van der Waals surface area contributed by atoms with Crippen LogP contribution in [0.2, 0.25) is 0 Å². The minimum absolute atomic E-state index is 0.0312. The highest BCUT2D eigenvalue weighted by atomic mass is 32.1. The van der Waals surface area contributed by atoms with Gasteiger partial charge in [-0.15, -0.1) is 11.3 Å². The number of carbonyl (C=O) groups excluding carboxylic acids is 1. The van der Waals surface area contributed by atoms with E-state index in [1.54, 1.807) is 18.4 Å². The largest absolute Gasteiger partial charge is 0.497 e. The molecular weight excluding hydrogens is 312 g/mol. The van der Waals surface area contributed by atoms with Gasteiger partial charge in [0.15, 0.2) is 0 Å². The molecule has 0 bridgehead atoms. The van der Waals surface area contributed by atoms with E-state index in [0.29, 0.717) is 13.2 Å². The lowest BCUT2D eigenvalue weighted by molar-refractivity contribution is 0.214. The number of ether oxygens (including phenoxy) is 2. The molecule has 0 saturated carbocycles. The maximum atomic E-state index is 12.0. The van der Waals surface area contributed by atoms with Gasteiger partial charge in [-0.25, -0.2) is 4.79 Å². The Hall–Kier alpha value is -2.21. The van der Waals surface area contributed by atoms with E-state index in [0.717, 1.165) is 29.9 Å². The lowest BCUT2D eigenvalue weighted by Crippen LogP contribution is -2.47. The first-order chi connectivity index (χ1) is 11.2. The standard InChI is InChI=1S/C17H20N2O3S/c1-21-14-4-5-16-12(10-14)9-13(11-22-16)19-17(20)18-7-6-15-3-2-8-23-15/h2-5,8,10,13H,6-7,9,11H2,1H3,(H2,18,19,20)/t13-/m1/s1. The number of benzene rings is 1. The zero-order valence-corrected chi connectivity index (χ0v) is 13.8. The molecule has 1 aliphatic heterocycles. The lowest BCUT2D eigenvalue weighted by Gasteiger charge is -2.26. The molecule has 2 aromatic rings. The van der Waals surface area contributed by atoms with Crippen LogP contribution in [0, 0.1) is 0 Å². The second kappa shape index (κ2) is 7.37. The molecule has 0 unspecified atom stereocenters. The van der Waals surface area contributed by atoms with Crippen LogP contribution >= 0.6 is 11.3 Å². The minimum Gasteiger partial charge on any atom is -0.497 e. The van der Waals surface area contributed by atoms with Gasteiger partial charge in [-0.2, -0.15) is 0 Å². The molecule has 2 amide bonds. The van der Waals surface area contributed by atoms with E-state index < -0.39 is 0 Å². The number of rotatable bonds is 5. The quantitative estimate of drug-likeness (QED) is 0.885. The number of carbonyl (C=O) groups is 1. The number of nitrogens with one attached hydrogen (secondary N) is 2. The third kappa shape index (κ3) is 4.16. The van der Waals surface area contributed by atoms with Gasteiger partial charge in [0.25, 0.3) is 0 Å².